The quantitative estimate of drug-likeness (QED) is 0.918. The monoisotopic (exact) mass is 271 g/mol. The van der Waals surface area contributed by atoms with Gasteiger partial charge in [0.05, 0.1) is 11.7 Å². The third-order valence-corrected chi connectivity index (χ3v) is 2.27. The van der Waals surface area contributed by atoms with Gasteiger partial charge in [-0.25, -0.2) is 0 Å². The Morgan fingerprint density at radius 1 is 1.47 bits per heavy atom. The van der Waals surface area contributed by atoms with Crippen molar-refractivity contribution in [1.82, 2.24) is 5.32 Å². The largest absolute Gasteiger partial charge is 0.490 e. The molecule has 0 spiro atoms. The smallest absolute Gasteiger partial charge is 0.254 e. The van der Waals surface area contributed by atoms with Gasteiger partial charge in [0, 0.05) is 11.5 Å². The molecule has 0 radical (unpaired) electrons. The summed E-state index contributed by atoms with van der Waals surface area (Å²) >= 11 is 3.32. The molecule has 0 aromatic heterocycles. The first-order valence-corrected chi connectivity index (χ1v) is 5.52. The molecule has 1 N–H and O–H groups in total. The Morgan fingerprint density at radius 3 is 2.67 bits per heavy atom. The molecule has 0 saturated heterocycles. The number of halogens is 1. The summed E-state index contributed by atoms with van der Waals surface area (Å²) in [6.45, 7) is 3.85. The van der Waals surface area contributed by atoms with E-state index < -0.39 is 0 Å². The molecule has 3 nitrogen and oxygen atoms in total. The second-order valence-electron chi connectivity index (χ2n) is 3.39. The highest BCUT2D eigenvalue weighted by molar-refractivity contribution is 9.10. The molecule has 4 heteroatoms. The highest BCUT2D eigenvalue weighted by atomic mass is 79.9. The molecule has 1 aromatic rings. The number of carbonyl (C=O) groups excluding carboxylic acids is 1. The number of hydrogen-bond donors (Lipinski definition) is 1. The first-order chi connectivity index (χ1) is 7.04. The van der Waals surface area contributed by atoms with E-state index in [1.165, 1.54) is 0 Å². The van der Waals surface area contributed by atoms with Gasteiger partial charge >= 0.3 is 0 Å². The predicted octanol–water partition coefficient (Wildman–Crippen LogP) is 2.60. The van der Waals surface area contributed by atoms with Crippen molar-refractivity contribution in [3.8, 4) is 5.75 Å². The van der Waals surface area contributed by atoms with Gasteiger partial charge in [-0.1, -0.05) is 15.9 Å². The van der Waals surface area contributed by atoms with Gasteiger partial charge in [0.15, 0.2) is 0 Å². The van der Waals surface area contributed by atoms with Gasteiger partial charge in [-0.05, 0) is 32.0 Å². The van der Waals surface area contributed by atoms with Crippen molar-refractivity contribution in [3.05, 3.63) is 28.2 Å². The average Bonchev–Trinajstić information content (AvgIpc) is 2.19. The second kappa shape index (κ2) is 5.16. The van der Waals surface area contributed by atoms with Crippen LogP contribution >= 0.6 is 15.9 Å². The number of amides is 1. The maximum Gasteiger partial charge on any atom is 0.254 e. The molecule has 0 aliphatic carbocycles. The number of nitrogens with one attached hydrogen (secondary N) is 1. The van der Waals surface area contributed by atoms with Crippen molar-refractivity contribution in [2.75, 3.05) is 7.05 Å². The highest BCUT2D eigenvalue weighted by Gasteiger charge is 2.12. The summed E-state index contributed by atoms with van der Waals surface area (Å²) in [7, 11) is 1.60. The lowest BCUT2D eigenvalue weighted by molar-refractivity contribution is 0.0957. The van der Waals surface area contributed by atoms with E-state index in [0.29, 0.717) is 11.3 Å². The van der Waals surface area contributed by atoms with Crippen LogP contribution in [0.4, 0.5) is 0 Å². The minimum absolute atomic E-state index is 0.0505. The van der Waals surface area contributed by atoms with Gasteiger partial charge in [0.2, 0.25) is 0 Å². The lowest BCUT2D eigenvalue weighted by Gasteiger charge is -2.13. The zero-order chi connectivity index (χ0) is 11.4. The van der Waals surface area contributed by atoms with Gasteiger partial charge in [-0.3, -0.25) is 4.79 Å². The lowest BCUT2D eigenvalue weighted by atomic mass is 10.2. The van der Waals surface area contributed by atoms with Crippen molar-refractivity contribution in [1.29, 1.82) is 0 Å². The zero-order valence-corrected chi connectivity index (χ0v) is 10.6. The fourth-order valence-electron chi connectivity index (χ4n) is 1.17. The van der Waals surface area contributed by atoms with Gasteiger partial charge in [0.25, 0.3) is 5.91 Å². The lowest BCUT2D eigenvalue weighted by Crippen LogP contribution is -2.20. The van der Waals surface area contributed by atoms with E-state index >= 15 is 0 Å². The molecule has 15 heavy (non-hydrogen) atoms. The van der Waals surface area contributed by atoms with E-state index in [1.54, 1.807) is 19.2 Å². The Kier molecular flexibility index (Phi) is 4.15. The topological polar surface area (TPSA) is 38.3 Å². The Morgan fingerprint density at radius 2 is 2.13 bits per heavy atom. The van der Waals surface area contributed by atoms with Gasteiger partial charge in [-0.2, -0.15) is 0 Å². The Hall–Kier alpha value is -1.03. The van der Waals surface area contributed by atoms with E-state index in [4.69, 9.17) is 4.74 Å². The molecule has 0 atom stereocenters. The normalized spacial score (nSPS) is 10.2. The van der Waals surface area contributed by atoms with Crippen molar-refractivity contribution < 1.29 is 9.53 Å². The maximum absolute atomic E-state index is 11.6. The average molecular weight is 272 g/mol. The van der Waals surface area contributed by atoms with Crippen LogP contribution in [0, 0.1) is 0 Å². The minimum atomic E-state index is -0.146. The molecule has 0 fully saturated rings. The van der Waals surface area contributed by atoms with Gasteiger partial charge in [0.1, 0.15) is 5.75 Å². The number of rotatable bonds is 3. The van der Waals surface area contributed by atoms with Crippen LogP contribution in [-0.2, 0) is 0 Å². The SMILES string of the molecule is CNC(=O)c1cc(Br)ccc1OC(C)C. The molecule has 0 aliphatic rings. The molecule has 0 unspecified atom stereocenters. The van der Waals surface area contributed by atoms with E-state index in [0.717, 1.165) is 4.47 Å². The molecule has 0 bridgehead atoms. The van der Waals surface area contributed by atoms with Crippen LogP contribution in [0.3, 0.4) is 0 Å². The van der Waals surface area contributed by atoms with E-state index in [9.17, 15) is 4.79 Å². The molecule has 1 aromatic carbocycles. The van der Waals surface area contributed by atoms with Crippen LogP contribution in [0.15, 0.2) is 22.7 Å². The van der Waals surface area contributed by atoms with Crippen LogP contribution < -0.4 is 10.1 Å². The van der Waals surface area contributed by atoms with E-state index in [2.05, 4.69) is 21.2 Å². The van der Waals surface area contributed by atoms with Crippen molar-refractivity contribution in [2.45, 2.75) is 20.0 Å². The minimum Gasteiger partial charge on any atom is -0.490 e. The summed E-state index contributed by atoms with van der Waals surface area (Å²) in [5.74, 6) is 0.458. The highest BCUT2D eigenvalue weighted by Crippen LogP contribution is 2.24. The van der Waals surface area contributed by atoms with Gasteiger partial charge in [-0.15, -0.1) is 0 Å². The van der Waals surface area contributed by atoms with Crippen LogP contribution in [0.1, 0.15) is 24.2 Å². The van der Waals surface area contributed by atoms with Gasteiger partial charge < -0.3 is 10.1 Å². The molecule has 1 amide bonds. The third-order valence-electron chi connectivity index (χ3n) is 1.78. The summed E-state index contributed by atoms with van der Waals surface area (Å²) in [6, 6.07) is 5.38. The molecule has 0 heterocycles. The third kappa shape index (κ3) is 3.23. The summed E-state index contributed by atoms with van der Waals surface area (Å²) < 4.78 is 6.40. The number of ether oxygens (including phenoxy) is 1. The van der Waals surface area contributed by atoms with Crippen LogP contribution in [-0.4, -0.2) is 19.1 Å². The molecular weight excluding hydrogens is 258 g/mol. The van der Waals surface area contributed by atoms with Crippen molar-refractivity contribution >= 4 is 21.8 Å². The standard InChI is InChI=1S/C11H14BrNO2/c1-7(2)15-10-5-4-8(12)6-9(10)11(14)13-3/h4-7H,1-3H3,(H,13,14). The van der Waals surface area contributed by atoms with Crippen LogP contribution in [0.5, 0.6) is 5.75 Å². The molecular formula is C11H14BrNO2. The summed E-state index contributed by atoms with van der Waals surface area (Å²) in [5, 5.41) is 2.58. The van der Waals surface area contributed by atoms with Crippen LogP contribution in [0.25, 0.3) is 0 Å². The Balaban J connectivity index is 3.08. The van der Waals surface area contributed by atoms with E-state index in [1.807, 2.05) is 19.9 Å². The Labute approximate surface area is 97.9 Å². The first-order valence-electron chi connectivity index (χ1n) is 4.73. The first kappa shape index (κ1) is 12.0. The predicted molar refractivity (Wildman–Crippen MR) is 63.3 cm³/mol. The van der Waals surface area contributed by atoms with E-state index in [-0.39, 0.29) is 12.0 Å². The maximum atomic E-state index is 11.6. The summed E-state index contributed by atoms with van der Waals surface area (Å²) in [4.78, 5) is 11.6. The number of benzene rings is 1. The fraction of sp³-hybridized carbons (Fsp3) is 0.364. The number of hydrogen-bond acceptors (Lipinski definition) is 2. The fourth-order valence-corrected chi connectivity index (χ4v) is 1.53. The van der Waals surface area contributed by atoms with Crippen LogP contribution in [0.2, 0.25) is 0 Å². The van der Waals surface area contributed by atoms with Crippen molar-refractivity contribution in [3.63, 3.8) is 0 Å². The zero-order valence-electron chi connectivity index (χ0n) is 9.00. The van der Waals surface area contributed by atoms with Crippen molar-refractivity contribution in [2.24, 2.45) is 0 Å². The second-order valence-corrected chi connectivity index (χ2v) is 4.30. The Bertz CT molecular complexity index is 364. The molecule has 0 saturated carbocycles. The summed E-state index contributed by atoms with van der Waals surface area (Å²) in [6.07, 6.45) is 0.0505. The molecule has 82 valence electrons. The molecule has 0 aliphatic heterocycles. The molecule has 1 rings (SSSR count). The summed E-state index contributed by atoms with van der Waals surface area (Å²) in [5.41, 5.74) is 0.542. The number of carbonyl (C=O) groups is 1.